The first-order chi connectivity index (χ1) is 6.26. The number of aldehydes is 1. The zero-order valence-corrected chi connectivity index (χ0v) is 7.17. The minimum absolute atomic E-state index is 0.0632. The third-order valence-corrected chi connectivity index (χ3v) is 1.25. The van der Waals surface area contributed by atoms with Gasteiger partial charge >= 0.3 is 6.18 Å². The van der Waals surface area contributed by atoms with Crippen LogP contribution in [0.1, 0.15) is 0 Å². The van der Waals surface area contributed by atoms with Gasteiger partial charge in [-0.1, -0.05) is 6.58 Å². The molecular formula is C7H9F3N2O2. The third-order valence-electron chi connectivity index (χ3n) is 1.25. The van der Waals surface area contributed by atoms with Crippen molar-refractivity contribution in [3.05, 3.63) is 12.4 Å². The van der Waals surface area contributed by atoms with Crippen molar-refractivity contribution in [3.63, 3.8) is 0 Å². The van der Waals surface area contributed by atoms with Crippen molar-refractivity contribution in [2.45, 2.75) is 6.18 Å². The van der Waals surface area contributed by atoms with Crippen LogP contribution in [0.3, 0.4) is 0 Å². The molecule has 80 valence electrons. The third kappa shape index (κ3) is 5.18. The zero-order valence-electron chi connectivity index (χ0n) is 7.17. The lowest BCUT2D eigenvalue weighted by atomic mass is 10.3. The Morgan fingerprint density at radius 2 is 2.00 bits per heavy atom. The van der Waals surface area contributed by atoms with Crippen LogP contribution in [0.4, 0.5) is 13.2 Å². The number of carbonyl (C=O) groups excluding carboxylic acids is 2. The summed E-state index contributed by atoms with van der Waals surface area (Å²) in [7, 11) is 0. The second-order valence-electron chi connectivity index (χ2n) is 2.55. The Hall–Kier alpha value is -1.53. The van der Waals surface area contributed by atoms with Gasteiger partial charge in [-0.15, -0.1) is 0 Å². The van der Waals surface area contributed by atoms with E-state index >= 15 is 0 Å². The van der Waals surface area contributed by atoms with Gasteiger partial charge in [0.15, 0.2) is 6.29 Å². The van der Waals surface area contributed by atoms with Crippen LogP contribution >= 0.6 is 0 Å². The van der Waals surface area contributed by atoms with E-state index in [-0.39, 0.29) is 6.29 Å². The van der Waals surface area contributed by atoms with Gasteiger partial charge in [-0.3, -0.25) is 9.59 Å². The van der Waals surface area contributed by atoms with Crippen LogP contribution in [0.5, 0.6) is 0 Å². The van der Waals surface area contributed by atoms with E-state index in [4.69, 9.17) is 5.73 Å². The molecule has 0 bridgehead atoms. The molecule has 2 N–H and O–H groups in total. The number of hydrogen-bond donors (Lipinski definition) is 1. The Morgan fingerprint density at radius 3 is 2.29 bits per heavy atom. The predicted octanol–water partition coefficient (Wildman–Crippen LogP) is 0.0486. The minimum atomic E-state index is -4.49. The fourth-order valence-corrected chi connectivity index (χ4v) is 0.701. The van der Waals surface area contributed by atoms with Crippen molar-refractivity contribution in [3.8, 4) is 0 Å². The van der Waals surface area contributed by atoms with Crippen LogP contribution in [0, 0.1) is 0 Å². The molecule has 0 rings (SSSR count). The Balaban J connectivity index is 4.38. The molecule has 0 amide bonds. The van der Waals surface area contributed by atoms with E-state index in [0.717, 1.165) is 0 Å². The molecule has 0 aliphatic rings. The van der Waals surface area contributed by atoms with Crippen molar-refractivity contribution in [1.82, 2.24) is 4.90 Å². The fraction of sp³-hybridized carbons (Fsp3) is 0.429. The predicted molar refractivity (Wildman–Crippen MR) is 42.0 cm³/mol. The first-order valence-corrected chi connectivity index (χ1v) is 3.50. The summed E-state index contributed by atoms with van der Waals surface area (Å²) in [6, 6.07) is 0. The van der Waals surface area contributed by atoms with Gasteiger partial charge in [0.25, 0.3) is 0 Å². The SMILES string of the molecule is C=C(N)N(CC(=O)C=O)CC(F)(F)F. The minimum Gasteiger partial charge on any atom is -0.386 e. The van der Waals surface area contributed by atoms with Gasteiger partial charge in [-0.25, -0.2) is 0 Å². The maximum absolute atomic E-state index is 11.9. The van der Waals surface area contributed by atoms with E-state index in [0.29, 0.717) is 4.90 Å². The lowest BCUT2D eigenvalue weighted by Crippen LogP contribution is -2.39. The van der Waals surface area contributed by atoms with Crippen LogP contribution in [0.2, 0.25) is 0 Å². The number of alkyl halides is 3. The number of ketones is 1. The summed E-state index contributed by atoms with van der Waals surface area (Å²) in [6.07, 6.45) is -4.56. The number of halogens is 3. The number of nitrogens with zero attached hydrogens (tertiary/aromatic N) is 1. The molecule has 14 heavy (non-hydrogen) atoms. The number of Topliss-reactive ketones (excluding diaryl/α,β-unsaturated/α-hetero) is 1. The van der Waals surface area contributed by atoms with E-state index in [1.54, 1.807) is 0 Å². The molecule has 0 aromatic heterocycles. The molecule has 0 fully saturated rings. The van der Waals surface area contributed by atoms with Gasteiger partial charge in [-0.05, 0) is 0 Å². The average molecular weight is 210 g/mol. The maximum atomic E-state index is 11.9. The van der Waals surface area contributed by atoms with Crippen molar-refractivity contribution in [2.24, 2.45) is 5.73 Å². The molecule has 0 aromatic rings. The quantitative estimate of drug-likeness (QED) is 0.514. The summed E-state index contributed by atoms with van der Waals surface area (Å²) in [5.41, 5.74) is 5.01. The van der Waals surface area contributed by atoms with E-state index in [2.05, 4.69) is 6.58 Å². The molecule has 4 nitrogen and oxygen atoms in total. The normalized spacial score (nSPS) is 10.8. The van der Waals surface area contributed by atoms with E-state index in [9.17, 15) is 22.8 Å². The van der Waals surface area contributed by atoms with Gasteiger partial charge < -0.3 is 10.6 Å². The average Bonchev–Trinajstić information content (AvgIpc) is 2.00. The number of rotatable bonds is 5. The Bertz CT molecular complexity index is 250. The first-order valence-electron chi connectivity index (χ1n) is 3.50. The summed E-state index contributed by atoms with van der Waals surface area (Å²) in [6.45, 7) is 0.952. The summed E-state index contributed by atoms with van der Waals surface area (Å²) in [5.74, 6) is -1.39. The van der Waals surface area contributed by atoms with E-state index < -0.39 is 30.9 Å². The smallest absolute Gasteiger partial charge is 0.386 e. The van der Waals surface area contributed by atoms with Gasteiger partial charge in [0.05, 0.1) is 12.4 Å². The fourth-order valence-electron chi connectivity index (χ4n) is 0.701. The Labute approximate surface area is 78.2 Å². The van der Waals surface area contributed by atoms with Crippen molar-refractivity contribution in [1.29, 1.82) is 0 Å². The number of carbonyl (C=O) groups is 2. The van der Waals surface area contributed by atoms with Gasteiger partial charge in [0.2, 0.25) is 5.78 Å². The zero-order chi connectivity index (χ0) is 11.4. The van der Waals surface area contributed by atoms with Crippen LogP contribution < -0.4 is 5.73 Å². The summed E-state index contributed by atoms with van der Waals surface area (Å²) >= 11 is 0. The second-order valence-corrected chi connectivity index (χ2v) is 2.55. The molecule has 0 saturated heterocycles. The van der Waals surface area contributed by atoms with Crippen molar-refractivity contribution >= 4 is 12.1 Å². The van der Waals surface area contributed by atoms with Crippen molar-refractivity contribution in [2.75, 3.05) is 13.1 Å². The number of nitrogens with two attached hydrogens (primary N) is 1. The van der Waals surface area contributed by atoms with E-state index in [1.165, 1.54) is 0 Å². The second kappa shape index (κ2) is 4.64. The molecule has 0 spiro atoms. The topological polar surface area (TPSA) is 63.4 Å². The summed E-state index contributed by atoms with van der Waals surface area (Å²) in [5, 5.41) is 0. The van der Waals surface area contributed by atoms with Crippen LogP contribution in [-0.2, 0) is 9.59 Å². The highest BCUT2D eigenvalue weighted by Crippen LogP contribution is 2.17. The van der Waals surface area contributed by atoms with Crippen molar-refractivity contribution < 1.29 is 22.8 Å². The summed E-state index contributed by atoms with van der Waals surface area (Å²) < 4.78 is 35.6. The van der Waals surface area contributed by atoms with Gasteiger partial charge in [0, 0.05) is 0 Å². The molecular weight excluding hydrogens is 201 g/mol. The largest absolute Gasteiger partial charge is 0.405 e. The molecule has 0 radical (unpaired) electrons. The molecule has 0 heterocycles. The first kappa shape index (κ1) is 12.5. The highest BCUT2D eigenvalue weighted by atomic mass is 19.4. The van der Waals surface area contributed by atoms with E-state index in [1.807, 2.05) is 0 Å². The molecule has 0 unspecified atom stereocenters. The van der Waals surface area contributed by atoms with Crippen LogP contribution in [-0.4, -0.2) is 36.2 Å². The Kier molecular flexibility index (Phi) is 4.13. The van der Waals surface area contributed by atoms with Gasteiger partial charge in [0.1, 0.15) is 6.54 Å². The molecule has 0 atom stereocenters. The molecule has 0 aliphatic heterocycles. The Morgan fingerprint density at radius 1 is 1.50 bits per heavy atom. The molecule has 7 heteroatoms. The highest BCUT2D eigenvalue weighted by Gasteiger charge is 2.31. The molecule has 0 aromatic carbocycles. The van der Waals surface area contributed by atoms with Crippen LogP contribution in [0.25, 0.3) is 0 Å². The molecule has 0 aliphatic carbocycles. The summed E-state index contributed by atoms with van der Waals surface area (Å²) in [4.78, 5) is 20.9. The standard InChI is InChI=1S/C7H9F3N2O2/c1-5(11)12(2-6(14)3-13)4-7(8,9)10/h3H,1-2,4,11H2. The van der Waals surface area contributed by atoms with Crippen LogP contribution in [0.15, 0.2) is 12.4 Å². The van der Waals surface area contributed by atoms with Gasteiger partial charge in [-0.2, -0.15) is 13.2 Å². The molecule has 0 saturated carbocycles. The maximum Gasteiger partial charge on any atom is 0.405 e. The highest BCUT2D eigenvalue weighted by molar-refractivity contribution is 6.25. The monoisotopic (exact) mass is 210 g/mol. The number of hydrogen-bond acceptors (Lipinski definition) is 4. The lowest BCUT2D eigenvalue weighted by molar-refractivity contribution is -0.146. The lowest BCUT2D eigenvalue weighted by Gasteiger charge is -2.23.